The molecular weight excluding hydrogens is 772 g/mol. The highest BCUT2D eigenvalue weighted by atomic mass is 31.2. The van der Waals surface area contributed by atoms with Gasteiger partial charge in [-0.3, -0.25) is 18.6 Å². The van der Waals surface area contributed by atoms with Gasteiger partial charge in [-0.15, -0.1) is 0 Å². The number of hydrogen-bond acceptors (Lipinski definition) is 7. The van der Waals surface area contributed by atoms with Crippen molar-refractivity contribution in [2.75, 3.05) is 19.8 Å². The van der Waals surface area contributed by atoms with E-state index in [0.29, 0.717) is 12.8 Å². The average molecular weight is 869 g/mol. The zero-order valence-corrected chi connectivity index (χ0v) is 40.5. The third-order valence-electron chi connectivity index (χ3n) is 11.3. The molecule has 0 amide bonds. The number of carbonyl (C=O) groups is 2. The molecule has 1 N–H and O–H groups in total. The van der Waals surface area contributed by atoms with E-state index in [0.717, 1.165) is 44.9 Å². The van der Waals surface area contributed by atoms with Crippen molar-refractivity contribution >= 4 is 19.8 Å². The summed E-state index contributed by atoms with van der Waals surface area (Å²) in [5.41, 5.74) is 0. The van der Waals surface area contributed by atoms with Crippen LogP contribution in [0.5, 0.6) is 0 Å². The van der Waals surface area contributed by atoms with Gasteiger partial charge in [0.2, 0.25) is 0 Å². The normalized spacial score (nSPS) is 13.3. The lowest BCUT2D eigenvalue weighted by Crippen LogP contribution is -2.29. The molecule has 0 aromatic carbocycles. The Balaban J connectivity index is 3.96. The molecule has 2 atom stereocenters. The molecule has 60 heavy (non-hydrogen) atoms. The van der Waals surface area contributed by atoms with E-state index in [1.165, 1.54) is 180 Å². The van der Waals surface area contributed by atoms with Gasteiger partial charge in [0.25, 0.3) is 0 Å². The fraction of sp³-hybridized carbons (Fsp3) is 0.882. The number of phosphoric acid groups is 1. The number of allylic oxidation sites excluding steroid dienone is 4. The van der Waals surface area contributed by atoms with E-state index in [2.05, 4.69) is 38.2 Å². The van der Waals surface area contributed by atoms with Crippen LogP contribution in [0.4, 0.5) is 0 Å². The number of hydrogen-bond donors (Lipinski definition) is 1. The molecule has 0 aromatic heterocycles. The van der Waals surface area contributed by atoms with E-state index >= 15 is 0 Å². The molecule has 0 spiro atoms. The van der Waals surface area contributed by atoms with Gasteiger partial charge in [-0.25, -0.2) is 4.57 Å². The first-order valence-electron chi connectivity index (χ1n) is 25.6. The van der Waals surface area contributed by atoms with Gasteiger partial charge in [0.1, 0.15) is 6.61 Å². The number of rotatable bonds is 48. The number of unbranched alkanes of at least 4 members (excludes halogenated alkanes) is 32. The van der Waals surface area contributed by atoms with E-state index in [1.54, 1.807) is 6.92 Å². The molecule has 2 unspecified atom stereocenters. The van der Waals surface area contributed by atoms with Crippen LogP contribution in [0.25, 0.3) is 0 Å². The highest BCUT2D eigenvalue weighted by molar-refractivity contribution is 7.47. The molecule has 0 saturated heterocycles. The fourth-order valence-corrected chi connectivity index (χ4v) is 8.24. The standard InChI is InChI=1S/C51H97O8P/c1-4-7-9-11-13-15-17-19-21-23-25-26-28-30-32-34-36-38-40-42-44-46-51(53)59-49(48-58-60(54,55)57-6-3)47-56-50(52)45-43-41-39-37-35-33-31-29-27-24-22-20-18-16-14-12-10-8-5-2/h17,19,23,25,49H,4-16,18,20-22,24,26-48H2,1-3H3,(H,54,55)/b19-17-,25-23-. The molecule has 354 valence electrons. The van der Waals surface area contributed by atoms with Crippen molar-refractivity contribution in [3.63, 3.8) is 0 Å². The molecule has 9 heteroatoms. The third-order valence-corrected chi connectivity index (χ3v) is 12.3. The third kappa shape index (κ3) is 46.0. The van der Waals surface area contributed by atoms with Crippen molar-refractivity contribution in [3.05, 3.63) is 24.3 Å². The fourth-order valence-electron chi connectivity index (χ4n) is 7.49. The van der Waals surface area contributed by atoms with Gasteiger partial charge in [0, 0.05) is 12.8 Å². The monoisotopic (exact) mass is 869 g/mol. The minimum atomic E-state index is -4.28. The molecule has 8 nitrogen and oxygen atoms in total. The molecule has 0 heterocycles. The van der Waals surface area contributed by atoms with E-state index in [9.17, 15) is 19.0 Å². The molecule has 0 aliphatic carbocycles. The van der Waals surface area contributed by atoms with Crippen molar-refractivity contribution in [3.8, 4) is 0 Å². The van der Waals surface area contributed by atoms with Crippen LogP contribution in [0.1, 0.15) is 265 Å². The van der Waals surface area contributed by atoms with E-state index in [4.69, 9.17) is 18.5 Å². The second kappa shape index (κ2) is 47.0. The van der Waals surface area contributed by atoms with Crippen LogP contribution in [0, 0.1) is 0 Å². The summed E-state index contributed by atoms with van der Waals surface area (Å²) >= 11 is 0. The maximum atomic E-state index is 12.6. The number of ether oxygens (including phenoxy) is 2. The Morgan fingerprint density at radius 3 is 1.18 bits per heavy atom. The van der Waals surface area contributed by atoms with E-state index in [-0.39, 0.29) is 32.2 Å². The van der Waals surface area contributed by atoms with Crippen LogP contribution in [-0.4, -0.2) is 42.8 Å². The highest BCUT2D eigenvalue weighted by Gasteiger charge is 2.25. The SMILES string of the molecule is CCCCCCC/C=C\C/C=C\CCCCCCCCCCCC(=O)OC(COC(=O)CCCCCCCCCCCCCCCCCCCCC)COP(=O)(O)OCC. The summed E-state index contributed by atoms with van der Waals surface area (Å²) < 4.78 is 32.8. The van der Waals surface area contributed by atoms with Crippen molar-refractivity contribution in [2.45, 2.75) is 271 Å². The second-order valence-corrected chi connectivity index (χ2v) is 18.6. The summed E-state index contributed by atoms with van der Waals surface area (Å²) in [5.74, 6) is -0.788. The van der Waals surface area contributed by atoms with Crippen LogP contribution < -0.4 is 0 Å². The summed E-state index contributed by atoms with van der Waals surface area (Å²) in [6, 6.07) is 0. The number of phosphoric ester groups is 1. The second-order valence-electron chi connectivity index (χ2n) is 17.2. The Kier molecular flexibility index (Phi) is 45.9. The van der Waals surface area contributed by atoms with Gasteiger partial charge < -0.3 is 14.4 Å². The van der Waals surface area contributed by atoms with Crippen molar-refractivity contribution in [1.82, 2.24) is 0 Å². The molecule has 0 aliphatic heterocycles. The predicted octanol–water partition coefficient (Wildman–Crippen LogP) is 16.6. The van der Waals surface area contributed by atoms with Crippen LogP contribution in [0.3, 0.4) is 0 Å². The first-order chi connectivity index (χ1) is 29.3. The zero-order chi connectivity index (χ0) is 43.9. The summed E-state index contributed by atoms with van der Waals surface area (Å²) in [7, 11) is -4.28. The first kappa shape index (κ1) is 58.5. The number of carbonyl (C=O) groups excluding carboxylic acids is 2. The van der Waals surface area contributed by atoms with Crippen molar-refractivity contribution in [1.29, 1.82) is 0 Å². The van der Waals surface area contributed by atoms with Gasteiger partial charge >= 0.3 is 19.8 Å². The smallest absolute Gasteiger partial charge is 0.462 e. The van der Waals surface area contributed by atoms with Crippen molar-refractivity contribution < 1.29 is 37.6 Å². The first-order valence-corrected chi connectivity index (χ1v) is 27.1. The lowest BCUT2D eigenvalue weighted by molar-refractivity contribution is -0.161. The molecule has 0 rings (SSSR count). The lowest BCUT2D eigenvalue weighted by atomic mass is 10.0. The molecule has 0 aromatic rings. The molecule has 0 fully saturated rings. The Labute approximate surface area is 371 Å². The molecular formula is C51H97O8P. The highest BCUT2D eigenvalue weighted by Crippen LogP contribution is 2.43. The summed E-state index contributed by atoms with van der Waals surface area (Å²) in [6.07, 6.45) is 53.8. The topological polar surface area (TPSA) is 108 Å². The van der Waals surface area contributed by atoms with Crippen LogP contribution in [-0.2, 0) is 32.7 Å². The predicted molar refractivity (Wildman–Crippen MR) is 253 cm³/mol. The minimum Gasteiger partial charge on any atom is -0.462 e. The summed E-state index contributed by atoms with van der Waals surface area (Å²) in [6.45, 7) is 5.52. The van der Waals surface area contributed by atoms with Gasteiger partial charge in [-0.05, 0) is 51.9 Å². The zero-order valence-electron chi connectivity index (χ0n) is 39.6. The van der Waals surface area contributed by atoms with Crippen LogP contribution in [0.2, 0.25) is 0 Å². The Morgan fingerprint density at radius 2 is 0.800 bits per heavy atom. The molecule has 0 bridgehead atoms. The average Bonchev–Trinajstić information content (AvgIpc) is 3.23. The summed E-state index contributed by atoms with van der Waals surface area (Å²) in [5, 5.41) is 0. The van der Waals surface area contributed by atoms with Crippen molar-refractivity contribution in [2.24, 2.45) is 0 Å². The van der Waals surface area contributed by atoms with Crippen LogP contribution >= 0.6 is 7.82 Å². The van der Waals surface area contributed by atoms with Gasteiger partial charge in [0.05, 0.1) is 13.2 Å². The Hall–Kier alpha value is -1.47. The largest absolute Gasteiger partial charge is 0.472 e. The summed E-state index contributed by atoms with van der Waals surface area (Å²) in [4.78, 5) is 34.9. The van der Waals surface area contributed by atoms with Gasteiger partial charge in [-0.1, -0.05) is 224 Å². The molecule has 0 saturated carbocycles. The number of esters is 2. The maximum absolute atomic E-state index is 12.6. The quantitative estimate of drug-likeness (QED) is 0.0279. The Morgan fingerprint density at radius 1 is 0.450 bits per heavy atom. The van der Waals surface area contributed by atoms with Gasteiger partial charge in [-0.2, -0.15) is 0 Å². The van der Waals surface area contributed by atoms with E-state index in [1.807, 2.05) is 0 Å². The molecule has 0 aliphatic rings. The minimum absolute atomic E-state index is 0.00189. The Bertz CT molecular complexity index is 1030. The maximum Gasteiger partial charge on any atom is 0.472 e. The van der Waals surface area contributed by atoms with Crippen LogP contribution in [0.15, 0.2) is 24.3 Å². The van der Waals surface area contributed by atoms with Gasteiger partial charge in [0.15, 0.2) is 6.10 Å². The van der Waals surface area contributed by atoms with E-state index < -0.39 is 19.9 Å². The molecule has 0 radical (unpaired) electrons. The lowest BCUT2D eigenvalue weighted by Gasteiger charge is -2.19.